The molecule has 1 aromatic heterocycles. The molecule has 3 N–H and O–H groups in total. The van der Waals surface area contributed by atoms with Crippen molar-refractivity contribution in [2.45, 2.75) is 38.1 Å². The Balaban J connectivity index is 1.61. The van der Waals surface area contributed by atoms with Crippen LogP contribution in [0.15, 0.2) is 24.5 Å². The van der Waals surface area contributed by atoms with Crippen molar-refractivity contribution in [1.29, 1.82) is 0 Å². The van der Waals surface area contributed by atoms with Crippen LogP contribution < -0.4 is 11.1 Å². The van der Waals surface area contributed by atoms with Crippen LogP contribution in [0.1, 0.15) is 31.2 Å². The Morgan fingerprint density at radius 1 is 1.25 bits per heavy atom. The number of fused-ring (bicyclic) bond motifs is 1. The van der Waals surface area contributed by atoms with Crippen LogP contribution >= 0.6 is 0 Å². The minimum Gasteiger partial charge on any atom is -0.399 e. The van der Waals surface area contributed by atoms with Crippen molar-refractivity contribution >= 4 is 22.6 Å². The molecule has 1 fully saturated rings. The van der Waals surface area contributed by atoms with E-state index in [9.17, 15) is 4.79 Å². The molecule has 0 spiro atoms. The minimum atomic E-state index is -0.0296. The molecule has 0 unspecified atom stereocenters. The number of carbonyl (C=O) groups is 1. The number of amides is 1. The van der Waals surface area contributed by atoms with Crippen molar-refractivity contribution in [3.05, 3.63) is 30.1 Å². The molecular formula is C18H24N4O2. The van der Waals surface area contributed by atoms with Gasteiger partial charge < -0.3 is 15.8 Å². The maximum Gasteiger partial charge on any atom is 0.246 e. The summed E-state index contributed by atoms with van der Waals surface area (Å²) in [5.74, 6) is 0.561. The molecular weight excluding hydrogens is 304 g/mol. The van der Waals surface area contributed by atoms with Crippen molar-refractivity contribution in [2.75, 3.05) is 19.5 Å². The molecule has 0 saturated heterocycles. The van der Waals surface area contributed by atoms with Crippen LogP contribution in [-0.2, 0) is 16.0 Å². The number of nitrogens with zero attached hydrogens (tertiary/aromatic N) is 2. The number of nitrogens with two attached hydrogens (primary N) is 1. The molecule has 128 valence electrons. The van der Waals surface area contributed by atoms with Gasteiger partial charge in [-0.25, -0.2) is 0 Å². The number of carbonyl (C=O) groups excluding carboxylic acids is 1. The molecule has 6 heteroatoms. The number of nitrogen functional groups attached to an aromatic ring is 1. The summed E-state index contributed by atoms with van der Waals surface area (Å²) in [5, 5.41) is 3.04. The van der Waals surface area contributed by atoms with Crippen molar-refractivity contribution < 1.29 is 9.53 Å². The fraction of sp³-hybridized carbons (Fsp3) is 0.500. The van der Waals surface area contributed by atoms with E-state index < -0.39 is 0 Å². The van der Waals surface area contributed by atoms with Gasteiger partial charge in [0.05, 0.1) is 11.0 Å². The third-order valence-corrected chi connectivity index (χ3v) is 4.67. The lowest BCUT2D eigenvalue weighted by atomic mass is 9.82. The Morgan fingerprint density at radius 3 is 2.75 bits per heavy atom. The van der Waals surface area contributed by atoms with Crippen LogP contribution in [0.25, 0.3) is 11.0 Å². The average molecular weight is 328 g/mol. The number of hydrogen-bond donors (Lipinski definition) is 2. The molecule has 0 bridgehead atoms. The second-order valence-electron chi connectivity index (χ2n) is 6.53. The highest BCUT2D eigenvalue weighted by Crippen LogP contribution is 2.30. The Bertz CT molecular complexity index is 711. The number of aromatic nitrogens is 2. The van der Waals surface area contributed by atoms with E-state index in [1.54, 1.807) is 12.4 Å². The van der Waals surface area contributed by atoms with Crippen molar-refractivity contribution in [2.24, 2.45) is 5.92 Å². The molecule has 1 saturated carbocycles. The number of hydrogen-bond acceptors (Lipinski definition) is 5. The maximum atomic E-state index is 11.6. The zero-order valence-electron chi connectivity index (χ0n) is 14.0. The monoisotopic (exact) mass is 328 g/mol. The van der Waals surface area contributed by atoms with E-state index in [4.69, 9.17) is 10.5 Å². The first-order valence-electron chi connectivity index (χ1n) is 8.43. The highest BCUT2D eigenvalue weighted by atomic mass is 16.5. The lowest BCUT2D eigenvalue weighted by Gasteiger charge is -2.29. The Kier molecular flexibility index (Phi) is 5.25. The molecule has 2 aromatic rings. The molecule has 6 nitrogen and oxygen atoms in total. The second kappa shape index (κ2) is 7.57. The summed E-state index contributed by atoms with van der Waals surface area (Å²) < 4.78 is 4.86. The topological polar surface area (TPSA) is 90.1 Å². The predicted octanol–water partition coefficient (Wildman–Crippen LogP) is 2.08. The zero-order valence-corrected chi connectivity index (χ0v) is 14.0. The summed E-state index contributed by atoms with van der Waals surface area (Å²) >= 11 is 0. The number of nitrogens with one attached hydrogen (secondary N) is 1. The van der Waals surface area contributed by atoms with E-state index in [1.807, 2.05) is 12.1 Å². The van der Waals surface area contributed by atoms with Gasteiger partial charge in [-0.3, -0.25) is 14.8 Å². The van der Waals surface area contributed by atoms with Gasteiger partial charge in [-0.1, -0.05) is 0 Å². The van der Waals surface area contributed by atoms with Gasteiger partial charge in [0.15, 0.2) is 0 Å². The lowest BCUT2D eigenvalue weighted by Crippen LogP contribution is -2.39. The van der Waals surface area contributed by atoms with E-state index in [0.717, 1.165) is 48.8 Å². The number of methoxy groups -OCH3 is 1. The van der Waals surface area contributed by atoms with E-state index >= 15 is 0 Å². The van der Waals surface area contributed by atoms with Crippen LogP contribution in [0.4, 0.5) is 5.69 Å². The van der Waals surface area contributed by atoms with Gasteiger partial charge in [0.25, 0.3) is 0 Å². The fourth-order valence-corrected chi connectivity index (χ4v) is 3.55. The summed E-state index contributed by atoms with van der Waals surface area (Å²) in [6, 6.07) is 4.15. The smallest absolute Gasteiger partial charge is 0.246 e. The van der Waals surface area contributed by atoms with Gasteiger partial charge in [0.2, 0.25) is 5.91 Å². The molecule has 1 aromatic carbocycles. The first kappa shape index (κ1) is 16.6. The molecule has 0 aliphatic heterocycles. The highest BCUT2D eigenvalue weighted by Gasteiger charge is 2.23. The van der Waals surface area contributed by atoms with Crippen LogP contribution in [0.3, 0.4) is 0 Å². The molecule has 1 heterocycles. The van der Waals surface area contributed by atoms with Gasteiger partial charge in [-0.2, -0.15) is 0 Å². The third kappa shape index (κ3) is 4.00. The summed E-state index contributed by atoms with van der Waals surface area (Å²) in [5.41, 5.74) is 9.72. The number of anilines is 1. The molecule has 1 aliphatic carbocycles. The summed E-state index contributed by atoms with van der Waals surface area (Å²) in [6.45, 7) is 0.133. The Labute approximate surface area is 141 Å². The average Bonchev–Trinajstić information content (AvgIpc) is 2.57. The first-order chi connectivity index (χ1) is 11.7. The largest absolute Gasteiger partial charge is 0.399 e. The quantitative estimate of drug-likeness (QED) is 0.820. The Morgan fingerprint density at radius 2 is 2.00 bits per heavy atom. The number of ether oxygens (including phenoxy) is 1. The molecule has 24 heavy (non-hydrogen) atoms. The van der Waals surface area contributed by atoms with Crippen LogP contribution in [0.5, 0.6) is 0 Å². The normalized spacial score (nSPS) is 20.9. The van der Waals surface area contributed by atoms with Crippen molar-refractivity contribution in [3.8, 4) is 0 Å². The second-order valence-corrected chi connectivity index (χ2v) is 6.53. The molecule has 1 amide bonds. The van der Waals surface area contributed by atoms with E-state index in [2.05, 4.69) is 15.3 Å². The first-order valence-corrected chi connectivity index (χ1v) is 8.43. The minimum absolute atomic E-state index is 0.0296. The molecule has 0 atom stereocenters. The van der Waals surface area contributed by atoms with Gasteiger partial charge in [-0.05, 0) is 55.7 Å². The van der Waals surface area contributed by atoms with Gasteiger partial charge >= 0.3 is 0 Å². The van der Waals surface area contributed by atoms with Crippen LogP contribution in [0.2, 0.25) is 0 Å². The summed E-state index contributed by atoms with van der Waals surface area (Å²) in [4.78, 5) is 20.4. The highest BCUT2D eigenvalue weighted by molar-refractivity contribution is 5.81. The SMILES string of the molecule is COCC(=O)NC1CCC(Cc2cc(N)cc3nccnc23)CC1. The van der Waals surface area contributed by atoms with Crippen molar-refractivity contribution in [1.82, 2.24) is 15.3 Å². The summed E-state index contributed by atoms with van der Waals surface area (Å²) in [6.07, 6.45) is 8.57. The summed E-state index contributed by atoms with van der Waals surface area (Å²) in [7, 11) is 1.54. The van der Waals surface area contributed by atoms with Gasteiger partial charge in [0.1, 0.15) is 6.61 Å². The fourth-order valence-electron chi connectivity index (χ4n) is 3.55. The van der Waals surface area contributed by atoms with Crippen molar-refractivity contribution in [3.63, 3.8) is 0 Å². The van der Waals surface area contributed by atoms with Crippen LogP contribution in [-0.4, -0.2) is 35.6 Å². The number of rotatable bonds is 5. The molecule has 1 aliphatic rings. The van der Waals surface area contributed by atoms with Gasteiger partial charge in [-0.15, -0.1) is 0 Å². The van der Waals surface area contributed by atoms with Gasteiger partial charge in [0, 0.05) is 31.2 Å². The van der Waals surface area contributed by atoms with Crippen LogP contribution in [0, 0.1) is 5.92 Å². The number of benzene rings is 1. The standard InChI is InChI=1S/C18H24N4O2/c1-24-11-17(23)22-15-4-2-12(3-5-15)8-13-9-14(19)10-16-18(13)21-7-6-20-16/h6-7,9-10,12,15H,2-5,8,11,19H2,1H3,(H,22,23). The van der Waals surface area contributed by atoms with E-state index in [1.165, 1.54) is 12.7 Å². The Hall–Kier alpha value is -2.21. The van der Waals surface area contributed by atoms with E-state index in [-0.39, 0.29) is 18.6 Å². The lowest BCUT2D eigenvalue weighted by molar-refractivity contribution is -0.125. The van der Waals surface area contributed by atoms with E-state index in [0.29, 0.717) is 5.92 Å². The molecule has 3 rings (SSSR count). The molecule has 0 radical (unpaired) electrons. The predicted molar refractivity (Wildman–Crippen MR) is 93.4 cm³/mol. The zero-order chi connectivity index (χ0) is 16.9. The maximum absolute atomic E-state index is 11.6. The third-order valence-electron chi connectivity index (χ3n) is 4.67.